The van der Waals surface area contributed by atoms with Gasteiger partial charge in [0.1, 0.15) is 5.82 Å². The molecule has 9 nitrogen and oxygen atoms in total. The van der Waals surface area contributed by atoms with Crippen molar-refractivity contribution in [1.82, 2.24) is 34.0 Å². The Bertz CT molecular complexity index is 1140. The van der Waals surface area contributed by atoms with Gasteiger partial charge < -0.3 is 15.1 Å². The Kier molecular flexibility index (Phi) is 6.13. The van der Waals surface area contributed by atoms with Crippen LogP contribution in [0.4, 0.5) is 17.3 Å². The molecule has 5 heterocycles. The van der Waals surface area contributed by atoms with E-state index in [9.17, 15) is 0 Å². The molecule has 4 aromatic rings. The van der Waals surface area contributed by atoms with Crippen LogP contribution in [0.25, 0.3) is 16.9 Å². The van der Waals surface area contributed by atoms with Crippen molar-refractivity contribution in [2.45, 2.75) is 13.8 Å². The summed E-state index contributed by atoms with van der Waals surface area (Å²) in [4.78, 5) is 18.3. The van der Waals surface area contributed by atoms with Crippen LogP contribution in [0.15, 0.2) is 49.3 Å². The Balaban J connectivity index is 0.00000112. The van der Waals surface area contributed by atoms with Gasteiger partial charge >= 0.3 is 0 Å². The zero-order valence-corrected chi connectivity index (χ0v) is 18.5. The maximum absolute atomic E-state index is 4.59. The highest BCUT2D eigenvalue weighted by Crippen LogP contribution is 2.26. The predicted octanol–water partition coefficient (Wildman–Crippen LogP) is 3.05. The smallest absolute Gasteiger partial charge is 0.180 e. The van der Waals surface area contributed by atoms with Gasteiger partial charge in [0.25, 0.3) is 0 Å². The lowest BCUT2D eigenvalue weighted by Gasteiger charge is -2.33. The first-order valence-corrected chi connectivity index (χ1v) is 10.6. The first-order chi connectivity index (χ1) is 15.2. The molecule has 0 saturated carbocycles. The Morgan fingerprint density at radius 2 is 1.74 bits per heavy atom. The van der Waals surface area contributed by atoms with Crippen molar-refractivity contribution in [3.05, 3.63) is 49.3 Å². The van der Waals surface area contributed by atoms with Crippen LogP contribution >= 0.6 is 0 Å². The van der Waals surface area contributed by atoms with E-state index in [4.69, 9.17) is 0 Å². The van der Waals surface area contributed by atoms with E-state index in [1.807, 2.05) is 62.3 Å². The predicted molar refractivity (Wildman–Crippen MR) is 124 cm³/mol. The highest BCUT2D eigenvalue weighted by molar-refractivity contribution is 5.74. The number of imidazole rings is 1. The van der Waals surface area contributed by atoms with E-state index in [1.54, 1.807) is 10.9 Å². The SMILES string of the molecule is CC.CN1CCN(c2cc(Nc3nccn4c(-c5cnn(C)c5)cnc34)ccn2)CC1. The average molecular weight is 420 g/mol. The Morgan fingerprint density at radius 1 is 0.935 bits per heavy atom. The number of hydrogen-bond donors (Lipinski definition) is 1. The molecule has 1 fully saturated rings. The van der Waals surface area contributed by atoms with Crippen molar-refractivity contribution in [3.8, 4) is 11.3 Å². The second-order valence-corrected chi connectivity index (χ2v) is 7.33. The monoisotopic (exact) mass is 419 g/mol. The fraction of sp³-hybridized carbons (Fsp3) is 0.364. The van der Waals surface area contributed by atoms with Crippen LogP contribution in [-0.4, -0.2) is 67.3 Å². The largest absolute Gasteiger partial charge is 0.354 e. The van der Waals surface area contributed by atoms with Gasteiger partial charge in [-0.2, -0.15) is 5.10 Å². The van der Waals surface area contributed by atoms with Crippen LogP contribution in [-0.2, 0) is 7.05 Å². The Labute approximate surface area is 182 Å². The third kappa shape index (κ3) is 4.36. The van der Waals surface area contributed by atoms with Gasteiger partial charge in [-0.1, -0.05) is 13.8 Å². The second-order valence-electron chi connectivity index (χ2n) is 7.33. The van der Waals surface area contributed by atoms with Crippen LogP contribution in [0.2, 0.25) is 0 Å². The molecule has 0 amide bonds. The van der Waals surface area contributed by atoms with Gasteiger partial charge in [-0.15, -0.1) is 0 Å². The molecule has 0 atom stereocenters. The van der Waals surface area contributed by atoms with E-state index in [-0.39, 0.29) is 0 Å². The van der Waals surface area contributed by atoms with Crippen LogP contribution in [0.1, 0.15) is 13.8 Å². The molecule has 1 saturated heterocycles. The number of hydrogen-bond acceptors (Lipinski definition) is 7. The fourth-order valence-electron chi connectivity index (χ4n) is 3.62. The maximum Gasteiger partial charge on any atom is 0.180 e. The van der Waals surface area contributed by atoms with Crippen molar-refractivity contribution in [3.63, 3.8) is 0 Å². The van der Waals surface area contributed by atoms with Gasteiger partial charge in [0, 0.05) is 75.3 Å². The van der Waals surface area contributed by atoms with Gasteiger partial charge in [-0.3, -0.25) is 9.08 Å². The number of anilines is 3. The summed E-state index contributed by atoms with van der Waals surface area (Å²) in [5, 5.41) is 7.67. The van der Waals surface area contributed by atoms with E-state index in [1.165, 1.54) is 0 Å². The fourth-order valence-corrected chi connectivity index (χ4v) is 3.62. The van der Waals surface area contributed by atoms with Crippen molar-refractivity contribution < 1.29 is 0 Å². The van der Waals surface area contributed by atoms with Gasteiger partial charge in [0.15, 0.2) is 11.5 Å². The quantitative estimate of drug-likeness (QED) is 0.545. The summed E-state index contributed by atoms with van der Waals surface area (Å²) in [6.07, 6.45) is 11.2. The molecule has 0 bridgehead atoms. The summed E-state index contributed by atoms with van der Waals surface area (Å²) < 4.78 is 3.81. The second kappa shape index (κ2) is 9.13. The molecule has 4 aromatic heterocycles. The standard InChI is InChI=1S/C20H23N9.C2H6/c1-26-7-9-28(10-8-26)18-11-16(3-4-21-18)25-19-20-23-13-17(29(20)6-5-22-19)15-12-24-27(2)14-15;1-2/h3-6,11-14H,7-10H2,1-2H3,(H,21,22,25);1-2H3. The third-order valence-corrected chi connectivity index (χ3v) is 5.26. The van der Waals surface area contributed by atoms with Crippen LogP contribution < -0.4 is 10.2 Å². The molecule has 1 N–H and O–H groups in total. The minimum Gasteiger partial charge on any atom is -0.354 e. The molecule has 1 aliphatic heterocycles. The van der Waals surface area contributed by atoms with E-state index in [0.29, 0.717) is 5.82 Å². The lowest BCUT2D eigenvalue weighted by atomic mass is 10.3. The van der Waals surface area contributed by atoms with E-state index >= 15 is 0 Å². The van der Waals surface area contributed by atoms with Gasteiger partial charge in [0.2, 0.25) is 0 Å². The Hall–Kier alpha value is -3.46. The summed E-state index contributed by atoms with van der Waals surface area (Å²) >= 11 is 0. The van der Waals surface area contributed by atoms with E-state index in [2.05, 4.69) is 48.3 Å². The number of pyridine rings is 1. The van der Waals surface area contributed by atoms with Crippen LogP contribution in [0.3, 0.4) is 0 Å². The molecular weight excluding hydrogens is 390 g/mol. The number of aromatic nitrogens is 6. The molecule has 1 aliphatic rings. The first-order valence-electron chi connectivity index (χ1n) is 10.6. The van der Waals surface area contributed by atoms with Crippen molar-refractivity contribution in [2.24, 2.45) is 7.05 Å². The summed E-state index contributed by atoms with van der Waals surface area (Å²) in [6.45, 7) is 8.06. The molecule has 0 radical (unpaired) electrons. The summed E-state index contributed by atoms with van der Waals surface area (Å²) in [5.41, 5.74) is 3.70. The third-order valence-electron chi connectivity index (χ3n) is 5.26. The minimum absolute atomic E-state index is 0.707. The topological polar surface area (TPSA) is 79.4 Å². The molecule has 0 spiro atoms. The molecule has 5 rings (SSSR count). The van der Waals surface area contributed by atoms with Crippen molar-refractivity contribution >= 4 is 23.0 Å². The molecule has 9 heteroatoms. The number of nitrogens with one attached hydrogen (secondary N) is 1. The molecule has 162 valence electrons. The molecule has 0 aromatic carbocycles. The highest BCUT2D eigenvalue weighted by Gasteiger charge is 2.16. The number of fused-ring (bicyclic) bond motifs is 1. The van der Waals surface area contributed by atoms with Crippen molar-refractivity contribution in [1.29, 1.82) is 0 Å². The summed E-state index contributed by atoms with van der Waals surface area (Å²) in [7, 11) is 4.06. The maximum atomic E-state index is 4.59. The molecule has 0 aliphatic carbocycles. The first kappa shape index (κ1) is 20.8. The number of rotatable bonds is 4. The number of likely N-dealkylation sites (N-methyl/N-ethyl adjacent to an activating group) is 1. The number of piperazine rings is 1. The van der Waals surface area contributed by atoms with Gasteiger partial charge in [-0.25, -0.2) is 15.0 Å². The zero-order chi connectivity index (χ0) is 21.8. The minimum atomic E-state index is 0.707. The number of nitrogens with zero attached hydrogens (tertiary/aromatic N) is 8. The van der Waals surface area contributed by atoms with E-state index < -0.39 is 0 Å². The Morgan fingerprint density at radius 3 is 2.48 bits per heavy atom. The summed E-state index contributed by atoms with van der Waals surface area (Å²) in [6, 6.07) is 4.02. The molecule has 0 unspecified atom stereocenters. The average Bonchev–Trinajstić information content (AvgIpc) is 3.42. The van der Waals surface area contributed by atoms with E-state index in [0.717, 1.165) is 54.6 Å². The lowest BCUT2D eigenvalue weighted by molar-refractivity contribution is 0.312. The van der Waals surface area contributed by atoms with Crippen molar-refractivity contribution in [2.75, 3.05) is 43.4 Å². The number of aryl methyl sites for hydroxylation is 1. The van der Waals surface area contributed by atoms with Gasteiger partial charge in [0.05, 0.1) is 18.1 Å². The van der Waals surface area contributed by atoms with Gasteiger partial charge in [-0.05, 0) is 13.1 Å². The zero-order valence-electron chi connectivity index (χ0n) is 18.5. The van der Waals surface area contributed by atoms with Crippen LogP contribution in [0, 0.1) is 0 Å². The highest BCUT2D eigenvalue weighted by atomic mass is 15.3. The summed E-state index contributed by atoms with van der Waals surface area (Å²) in [5.74, 6) is 1.69. The molecular formula is C22H29N9. The lowest BCUT2D eigenvalue weighted by Crippen LogP contribution is -2.44. The normalized spacial score (nSPS) is 14.4. The molecule has 31 heavy (non-hydrogen) atoms. The van der Waals surface area contributed by atoms with Crippen LogP contribution in [0.5, 0.6) is 0 Å².